The minimum Gasteiger partial charge on any atom is -0.324 e. The molecule has 0 saturated carbocycles. The molecule has 1 aromatic carbocycles. The van der Waals surface area contributed by atoms with Crippen molar-refractivity contribution in [2.75, 3.05) is 5.32 Å². The summed E-state index contributed by atoms with van der Waals surface area (Å²) in [6.45, 7) is 1.98. The van der Waals surface area contributed by atoms with E-state index in [1.54, 1.807) is 12.4 Å². The van der Waals surface area contributed by atoms with Crippen LogP contribution in [0.4, 0.5) is 5.69 Å². The number of aromatic nitrogens is 1. The Bertz CT molecular complexity index is 629. The molecule has 2 atom stereocenters. The maximum absolute atomic E-state index is 12.3. The maximum atomic E-state index is 12.3. The Labute approximate surface area is 123 Å². The van der Waals surface area contributed by atoms with Gasteiger partial charge in [-0.1, -0.05) is 18.2 Å². The Morgan fingerprint density at radius 1 is 1.19 bits per heavy atom. The smallest absolute Gasteiger partial charge is 0.242 e. The molecule has 5 nitrogen and oxygen atoms in total. The van der Waals surface area contributed by atoms with E-state index in [0.29, 0.717) is 6.42 Å². The van der Waals surface area contributed by atoms with Crippen molar-refractivity contribution in [2.45, 2.75) is 25.4 Å². The largest absolute Gasteiger partial charge is 0.324 e. The van der Waals surface area contributed by atoms with Crippen LogP contribution in [-0.4, -0.2) is 16.9 Å². The van der Waals surface area contributed by atoms with Gasteiger partial charge < -0.3 is 5.32 Å². The second-order valence-corrected chi connectivity index (χ2v) is 5.21. The monoisotopic (exact) mass is 282 g/mol. The van der Waals surface area contributed by atoms with Crippen molar-refractivity contribution in [3.05, 3.63) is 59.9 Å². The van der Waals surface area contributed by atoms with E-state index in [2.05, 4.69) is 21.2 Å². The van der Waals surface area contributed by atoms with Crippen LogP contribution in [-0.2, 0) is 4.79 Å². The predicted octanol–water partition coefficient (Wildman–Crippen LogP) is 1.94. The number of anilines is 1. The first-order valence-corrected chi connectivity index (χ1v) is 7.01. The molecule has 3 N–H and O–H groups in total. The number of hydrogen-bond donors (Lipinski definition) is 3. The van der Waals surface area contributed by atoms with Gasteiger partial charge in [-0.05, 0) is 42.7 Å². The lowest BCUT2D eigenvalue weighted by Gasteiger charge is -2.12. The molecule has 21 heavy (non-hydrogen) atoms. The van der Waals surface area contributed by atoms with E-state index >= 15 is 0 Å². The zero-order valence-corrected chi connectivity index (χ0v) is 11.8. The van der Waals surface area contributed by atoms with Crippen molar-refractivity contribution >= 4 is 11.6 Å². The Balaban J connectivity index is 1.64. The fraction of sp³-hybridized carbons (Fsp3) is 0.250. The van der Waals surface area contributed by atoms with Crippen LogP contribution in [0.15, 0.2) is 48.8 Å². The summed E-state index contributed by atoms with van der Waals surface area (Å²) in [5.41, 5.74) is 9.27. The molecular weight excluding hydrogens is 264 g/mol. The highest BCUT2D eigenvalue weighted by Crippen LogP contribution is 2.22. The standard InChI is InChI=1S/C16H18N4O/c1-11-4-2-3-5-13(11)18-16(21)15-10-14(19-20-15)12-6-8-17-9-7-12/h2-9,14-15,19-20H,10H2,1H3,(H,18,21). The van der Waals surface area contributed by atoms with E-state index in [-0.39, 0.29) is 18.0 Å². The number of para-hydroxylation sites is 1. The van der Waals surface area contributed by atoms with Gasteiger partial charge in [0.15, 0.2) is 0 Å². The lowest BCUT2D eigenvalue weighted by atomic mass is 10.0. The molecule has 1 fully saturated rings. The highest BCUT2D eigenvalue weighted by molar-refractivity contribution is 5.95. The van der Waals surface area contributed by atoms with Gasteiger partial charge in [-0.2, -0.15) is 0 Å². The summed E-state index contributed by atoms with van der Waals surface area (Å²) < 4.78 is 0. The number of nitrogens with zero attached hydrogens (tertiary/aromatic N) is 1. The highest BCUT2D eigenvalue weighted by atomic mass is 16.2. The van der Waals surface area contributed by atoms with Crippen molar-refractivity contribution < 1.29 is 4.79 Å². The second kappa shape index (κ2) is 6.03. The van der Waals surface area contributed by atoms with Gasteiger partial charge >= 0.3 is 0 Å². The third-order valence-electron chi connectivity index (χ3n) is 3.73. The number of nitrogens with one attached hydrogen (secondary N) is 3. The van der Waals surface area contributed by atoms with Gasteiger partial charge in [0.05, 0.1) is 0 Å². The Morgan fingerprint density at radius 2 is 1.95 bits per heavy atom. The molecule has 0 aliphatic carbocycles. The number of rotatable bonds is 3. The minimum atomic E-state index is -0.247. The average Bonchev–Trinajstić information content (AvgIpc) is 3.00. The van der Waals surface area contributed by atoms with Gasteiger partial charge in [0.1, 0.15) is 6.04 Å². The summed E-state index contributed by atoms with van der Waals surface area (Å²) >= 11 is 0. The number of pyridine rings is 1. The lowest BCUT2D eigenvalue weighted by molar-refractivity contribution is -0.117. The molecule has 3 rings (SSSR count). The predicted molar refractivity (Wildman–Crippen MR) is 81.5 cm³/mol. The molecule has 2 heterocycles. The van der Waals surface area contributed by atoms with Gasteiger partial charge in [0.25, 0.3) is 0 Å². The van der Waals surface area contributed by atoms with Crippen LogP contribution in [0.2, 0.25) is 0 Å². The topological polar surface area (TPSA) is 66.0 Å². The van der Waals surface area contributed by atoms with Crippen molar-refractivity contribution in [3.8, 4) is 0 Å². The second-order valence-electron chi connectivity index (χ2n) is 5.21. The van der Waals surface area contributed by atoms with E-state index < -0.39 is 0 Å². The molecule has 108 valence electrons. The Morgan fingerprint density at radius 3 is 2.71 bits per heavy atom. The highest BCUT2D eigenvalue weighted by Gasteiger charge is 2.30. The third kappa shape index (κ3) is 3.09. The van der Waals surface area contributed by atoms with Gasteiger partial charge in [-0.3, -0.25) is 9.78 Å². The molecule has 2 unspecified atom stereocenters. The van der Waals surface area contributed by atoms with Gasteiger partial charge in [-0.15, -0.1) is 0 Å². The fourth-order valence-corrected chi connectivity index (χ4v) is 2.48. The minimum absolute atomic E-state index is 0.0200. The number of aryl methyl sites for hydroxylation is 1. The van der Waals surface area contributed by atoms with Crippen molar-refractivity contribution in [3.63, 3.8) is 0 Å². The van der Waals surface area contributed by atoms with Crippen molar-refractivity contribution in [1.29, 1.82) is 0 Å². The normalized spacial score (nSPS) is 21.2. The van der Waals surface area contributed by atoms with Crippen LogP contribution >= 0.6 is 0 Å². The third-order valence-corrected chi connectivity index (χ3v) is 3.73. The van der Waals surface area contributed by atoms with Crippen molar-refractivity contribution in [1.82, 2.24) is 15.8 Å². The molecule has 0 bridgehead atoms. The molecular formula is C16H18N4O. The van der Waals surface area contributed by atoms with Gasteiger partial charge in [0, 0.05) is 24.1 Å². The molecule has 1 saturated heterocycles. The Hall–Kier alpha value is -2.24. The molecule has 1 aliphatic rings. The SMILES string of the molecule is Cc1ccccc1NC(=O)C1CC(c2ccncc2)NN1. The molecule has 0 radical (unpaired) electrons. The Kier molecular flexibility index (Phi) is 3.94. The maximum Gasteiger partial charge on any atom is 0.242 e. The average molecular weight is 282 g/mol. The van der Waals surface area contributed by atoms with Gasteiger partial charge in [-0.25, -0.2) is 10.9 Å². The van der Waals surface area contributed by atoms with Crippen LogP contribution in [0, 0.1) is 6.92 Å². The molecule has 0 spiro atoms. The number of amides is 1. The first-order valence-electron chi connectivity index (χ1n) is 7.01. The summed E-state index contributed by atoms with van der Waals surface area (Å²) in [6, 6.07) is 11.6. The molecule has 1 aliphatic heterocycles. The summed E-state index contributed by atoms with van der Waals surface area (Å²) in [6.07, 6.45) is 4.23. The molecule has 5 heteroatoms. The van der Waals surface area contributed by atoms with Crippen LogP contribution in [0.25, 0.3) is 0 Å². The first-order chi connectivity index (χ1) is 10.2. The van der Waals surface area contributed by atoms with E-state index in [0.717, 1.165) is 16.8 Å². The van der Waals surface area contributed by atoms with Gasteiger partial charge in [0.2, 0.25) is 5.91 Å². The quantitative estimate of drug-likeness (QED) is 0.805. The fourth-order valence-electron chi connectivity index (χ4n) is 2.48. The molecule has 1 amide bonds. The molecule has 1 aromatic heterocycles. The van der Waals surface area contributed by atoms with Crippen LogP contribution < -0.4 is 16.2 Å². The number of carbonyl (C=O) groups excluding carboxylic acids is 1. The molecule has 2 aromatic rings. The number of hydrazine groups is 1. The van der Waals surface area contributed by atoms with Crippen LogP contribution in [0.1, 0.15) is 23.6 Å². The van der Waals surface area contributed by atoms with E-state index in [1.165, 1.54) is 0 Å². The summed E-state index contributed by atoms with van der Waals surface area (Å²) in [5.74, 6) is -0.0200. The van der Waals surface area contributed by atoms with E-state index in [9.17, 15) is 4.79 Å². The van der Waals surface area contributed by atoms with E-state index in [1.807, 2.05) is 43.3 Å². The van der Waals surface area contributed by atoms with E-state index in [4.69, 9.17) is 0 Å². The summed E-state index contributed by atoms with van der Waals surface area (Å²) in [4.78, 5) is 16.3. The lowest BCUT2D eigenvalue weighted by Crippen LogP contribution is -2.39. The summed E-state index contributed by atoms with van der Waals surface area (Å²) in [5, 5.41) is 2.97. The first kappa shape index (κ1) is 13.7. The zero-order valence-electron chi connectivity index (χ0n) is 11.8. The summed E-state index contributed by atoms with van der Waals surface area (Å²) in [7, 11) is 0. The number of benzene rings is 1. The van der Waals surface area contributed by atoms with Crippen LogP contribution in [0.3, 0.4) is 0 Å². The van der Waals surface area contributed by atoms with Crippen LogP contribution in [0.5, 0.6) is 0 Å². The number of hydrogen-bond acceptors (Lipinski definition) is 4. The van der Waals surface area contributed by atoms with Crippen molar-refractivity contribution in [2.24, 2.45) is 0 Å². The zero-order chi connectivity index (χ0) is 14.7. The number of carbonyl (C=O) groups is 1.